The maximum absolute atomic E-state index is 12.3. The van der Waals surface area contributed by atoms with E-state index in [0.717, 1.165) is 17.7 Å². The van der Waals surface area contributed by atoms with Crippen LogP contribution in [0.15, 0.2) is 24.3 Å². The number of nitrogens with one attached hydrogen (secondary N) is 2. The van der Waals surface area contributed by atoms with E-state index < -0.39 is 0 Å². The van der Waals surface area contributed by atoms with Gasteiger partial charge in [0.05, 0.1) is 6.04 Å². The SMILES string of the molecule is C#Cc1cccc(NC(=O)C2CC3CCCCC3N2)c1. The van der Waals surface area contributed by atoms with Gasteiger partial charge < -0.3 is 10.6 Å². The minimum absolute atomic E-state index is 0.0578. The lowest BCUT2D eigenvalue weighted by molar-refractivity contribution is -0.117. The Morgan fingerprint density at radius 3 is 3.00 bits per heavy atom. The molecule has 2 aliphatic rings. The van der Waals surface area contributed by atoms with Gasteiger partial charge in [-0.2, -0.15) is 0 Å². The lowest BCUT2D eigenvalue weighted by Crippen LogP contribution is -2.39. The van der Waals surface area contributed by atoms with Gasteiger partial charge in [0.2, 0.25) is 5.91 Å². The second kappa shape index (κ2) is 5.68. The first-order valence-corrected chi connectivity index (χ1v) is 7.40. The van der Waals surface area contributed by atoms with Crippen molar-refractivity contribution in [2.45, 2.75) is 44.2 Å². The molecule has 3 rings (SSSR count). The first-order chi connectivity index (χ1) is 9.76. The largest absolute Gasteiger partial charge is 0.325 e. The average Bonchev–Trinajstić information content (AvgIpc) is 2.91. The number of terminal acetylenes is 1. The van der Waals surface area contributed by atoms with Crippen LogP contribution in [-0.4, -0.2) is 18.0 Å². The summed E-state index contributed by atoms with van der Waals surface area (Å²) in [5, 5.41) is 6.46. The van der Waals surface area contributed by atoms with Crippen molar-refractivity contribution in [3.05, 3.63) is 29.8 Å². The third-order valence-corrected chi connectivity index (χ3v) is 4.48. The summed E-state index contributed by atoms with van der Waals surface area (Å²) in [7, 11) is 0. The summed E-state index contributed by atoms with van der Waals surface area (Å²) in [5.41, 5.74) is 1.57. The number of anilines is 1. The molecule has 1 aromatic carbocycles. The summed E-state index contributed by atoms with van der Waals surface area (Å²) in [6, 6.07) is 7.92. The zero-order valence-corrected chi connectivity index (χ0v) is 11.6. The predicted molar refractivity (Wildman–Crippen MR) is 80.3 cm³/mol. The third-order valence-electron chi connectivity index (χ3n) is 4.48. The Balaban J connectivity index is 1.63. The first-order valence-electron chi connectivity index (χ1n) is 7.40. The Morgan fingerprint density at radius 2 is 2.20 bits per heavy atom. The molecule has 1 aliphatic carbocycles. The molecule has 1 saturated heterocycles. The molecule has 3 heteroatoms. The fourth-order valence-electron chi connectivity index (χ4n) is 3.44. The molecule has 3 atom stereocenters. The molecule has 1 amide bonds. The predicted octanol–water partition coefficient (Wildman–Crippen LogP) is 2.53. The summed E-state index contributed by atoms with van der Waals surface area (Å²) in [6.07, 6.45) is 11.4. The number of carbonyl (C=O) groups is 1. The molecule has 2 fully saturated rings. The van der Waals surface area contributed by atoms with E-state index in [1.165, 1.54) is 25.7 Å². The number of fused-ring (bicyclic) bond motifs is 1. The van der Waals surface area contributed by atoms with E-state index >= 15 is 0 Å². The second-order valence-electron chi connectivity index (χ2n) is 5.82. The van der Waals surface area contributed by atoms with E-state index in [4.69, 9.17) is 6.42 Å². The molecular weight excluding hydrogens is 248 g/mol. The number of hydrogen-bond donors (Lipinski definition) is 2. The monoisotopic (exact) mass is 268 g/mol. The van der Waals surface area contributed by atoms with Crippen LogP contribution < -0.4 is 10.6 Å². The van der Waals surface area contributed by atoms with Crippen molar-refractivity contribution in [1.82, 2.24) is 5.32 Å². The van der Waals surface area contributed by atoms with Crippen molar-refractivity contribution >= 4 is 11.6 Å². The standard InChI is InChI=1S/C17H20N2O/c1-2-12-6-5-8-14(10-12)18-17(20)16-11-13-7-3-4-9-15(13)19-16/h1,5-6,8,10,13,15-16,19H,3-4,7,9,11H2,(H,18,20). The maximum atomic E-state index is 12.3. The molecule has 3 nitrogen and oxygen atoms in total. The highest BCUT2D eigenvalue weighted by Crippen LogP contribution is 2.33. The van der Waals surface area contributed by atoms with Crippen molar-refractivity contribution in [3.8, 4) is 12.3 Å². The van der Waals surface area contributed by atoms with E-state index in [2.05, 4.69) is 16.6 Å². The fraction of sp³-hybridized carbons (Fsp3) is 0.471. The van der Waals surface area contributed by atoms with Crippen LogP contribution in [-0.2, 0) is 4.79 Å². The van der Waals surface area contributed by atoms with Crippen molar-refractivity contribution in [2.24, 2.45) is 5.92 Å². The van der Waals surface area contributed by atoms with Gasteiger partial charge >= 0.3 is 0 Å². The lowest BCUT2D eigenvalue weighted by atomic mass is 9.85. The molecule has 2 N–H and O–H groups in total. The molecule has 0 spiro atoms. The quantitative estimate of drug-likeness (QED) is 0.809. The van der Waals surface area contributed by atoms with Gasteiger partial charge in [-0.3, -0.25) is 4.79 Å². The van der Waals surface area contributed by atoms with Gasteiger partial charge in [0.15, 0.2) is 0 Å². The smallest absolute Gasteiger partial charge is 0.241 e. The van der Waals surface area contributed by atoms with Gasteiger partial charge in [-0.25, -0.2) is 0 Å². The summed E-state index contributed by atoms with van der Waals surface area (Å²) in [4.78, 5) is 12.3. The highest BCUT2D eigenvalue weighted by Gasteiger charge is 2.38. The van der Waals surface area contributed by atoms with Crippen LogP contribution in [0.4, 0.5) is 5.69 Å². The highest BCUT2D eigenvalue weighted by molar-refractivity contribution is 5.95. The van der Waals surface area contributed by atoms with Gasteiger partial charge in [-0.05, 0) is 43.4 Å². The lowest BCUT2D eigenvalue weighted by Gasteiger charge is -2.24. The van der Waals surface area contributed by atoms with Crippen LogP contribution in [0.25, 0.3) is 0 Å². The Kier molecular flexibility index (Phi) is 3.75. The van der Waals surface area contributed by atoms with Crippen LogP contribution in [0.2, 0.25) is 0 Å². The number of benzene rings is 1. The van der Waals surface area contributed by atoms with Crippen molar-refractivity contribution in [1.29, 1.82) is 0 Å². The molecule has 0 radical (unpaired) electrons. The molecular formula is C17H20N2O. The summed E-state index contributed by atoms with van der Waals surface area (Å²) < 4.78 is 0. The van der Waals surface area contributed by atoms with Gasteiger partial charge in [0, 0.05) is 17.3 Å². The molecule has 1 heterocycles. The molecule has 1 saturated carbocycles. The average molecular weight is 268 g/mol. The van der Waals surface area contributed by atoms with Gasteiger partial charge in [0.1, 0.15) is 0 Å². The minimum atomic E-state index is -0.0578. The number of hydrogen-bond acceptors (Lipinski definition) is 2. The topological polar surface area (TPSA) is 41.1 Å². The van der Waals surface area contributed by atoms with E-state index in [1.54, 1.807) is 0 Å². The number of amides is 1. The third kappa shape index (κ3) is 2.71. The Bertz CT molecular complexity index is 532. The van der Waals surface area contributed by atoms with Crippen LogP contribution in [0.5, 0.6) is 0 Å². The van der Waals surface area contributed by atoms with Gasteiger partial charge in [0.25, 0.3) is 0 Å². The van der Waals surface area contributed by atoms with Gasteiger partial charge in [-0.15, -0.1) is 6.42 Å². The molecule has 1 aliphatic heterocycles. The first kappa shape index (κ1) is 13.2. The van der Waals surface area contributed by atoms with Crippen molar-refractivity contribution < 1.29 is 4.79 Å². The summed E-state index contributed by atoms with van der Waals surface area (Å²) in [6.45, 7) is 0. The molecule has 104 valence electrons. The van der Waals surface area contributed by atoms with Crippen molar-refractivity contribution in [2.75, 3.05) is 5.32 Å². The zero-order chi connectivity index (χ0) is 13.9. The number of carbonyl (C=O) groups excluding carboxylic acids is 1. The highest BCUT2D eigenvalue weighted by atomic mass is 16.2. The fourth-order valence-corrected chi connectivity index (χ4v) is 3.44. The molecule has 0 bridgehead atoms. The Labute approximate surface area is 120 Å². The van der Waals surface area contributed by atoms with Crippen LogP contribution >= 0.6 is 0 Å². The minimum Gasteiger partial charge on any atom is -0.325 e. The molecule has 0 aromatic heterocycles. The normalized spacial score (nSPS) is 28.4. The maximum Gasteiger partial charge on any atom is 0.241 e. The van der Waals surface area contributed by atoms with E-state index in [9.17, 15) is 4.79 Å². The van der Waals surface area contributed by atoms with Crippen LogP contribution in [0, 0.1) is 18.3 Å². The summed E-state index contributed by atoms with van der Waals surface area (Å²) in [5.74, 6) is 3.32. The van der Waals surface area contributed by atoms with E-state index in [0.29, 0.717) is 12.0 Å². The van der Waals surface area contributed by atoms with E-state index in [-0.39, 0.29) is 11.9 Å². The Hall–Kier alpha value is -1.79. The van der Waals surface area contributed by atoms with Gasteiger partial charge in [-0.1, -0.05) is 24.8 Å². The van der Waals surface area contributed by atoms with Crippen molar-refractivity contribution in [3.63, 3.8) is 0 Å². The summed E-state index contributed by atoms with van der Waals surface area (Å²) >= 11 is 0. The van der Waals surface area contributed by atoms with E-state index in [1.807, 2.05) is 24.3 Å². The molecule has 20 heavy (non-hydrogen) atoms. The number of rotatable bonds is 2. The van der Waals surface area contributed by atoms with Crippen LogP contribution in [0.1, 0.15) is 37.7 Å². The Morgan fingerprint density at radius 1 is 1.35 bits per heavy atom. The zero-order valence-electron chi connectivity index (χ0n) is 11.6. The molecule has 1 aromatic rings. The second-order valence-corrected chi connectivity index (χ2v) is 5.82. The van der Waals surface area contributed by atoms with Crippen LogP contribution in [0.3, 0.4) is 0 Å². The molecule has 3 unspecified atom stereocenters.